The molecule has 1 heterocycles. The molecule has 3 aromatic carbocycles. The molecule has 0 fully saturated rings. The van der Waals surface area contributed by atoms with Gasteiger partial charge in [0.05, 0.1) is 17.5 Å². The van der Waals surface area contributed by atoms with Gasteiger partial charge in [-0.3, -0.25) is 9.59 Å². The number of fused-ring (bicyclic) bond motifs is 1. The first kappa shape index (κ1) is 22.6. The Bertz CT molecular complexity index is 1500. The summed E-state index contributed by atoms with van der Waals surface area (Å²) in [5.74, 6) is 0.264. The van der Waals surface area contributed by atoms with E-state index in [9.17, 15) is 18.0 Å². The summed E-state index contributed by atoms with van der Waals surface area (Å²) in [6.45, 7) is -0.198. The Morgan fingerprint density at radius 3 is 2.33 bits per heavy atom. The monoisotopic (exact) mass is 482 g/mol. The molecule has 0 atom stereocenters. The number of sulfone groups is 1. The normalized spacial score (nSPS) is 11.3. The molecule has 1 aromatic heterocycles. The Hall–Kier alpha value is -3.62. The van der Waals surface area contributed by atoms with E-state index in [1.165, 1.54) is 41.1 Å². The van der Waals surface area contributed by atoms with Crippen molar-refractivity contribution in [3.05, 3.63) is 94.2 Å². The van der Waals surface area contributed by atoms with Crippen molar-refractivity contribution in [2.24, 2.45) is 0 Å². The van der Waals surface area contributed by atoms with E-state index in [0.717, 1.165) is 0 Å². The minimum absolute atomic E-state index is 0.0616. The first-order valence-corrected chi connectivity index (χ1v) is 11.7. The van der Waals surface area contributed by atoms with Crippen LogP contribution in [0.4, 0.5) is 5.69 Å². The Morgan fingerprint density at radius 1 is 1.00 bits per heavy atom. The van der Waals surface area contributed by atoms with E-state index >= 15 is 0 Å². The summed E-state index contributed by atoms with van der Waals surface area (Å²) < 4.78 is 33.0. The molecule has 7 nitrogen and oxygen atoms in total. The molecular formula is C24H19ClN2O5S. The second kappa shape index (κ2) is 9.09. The molecule has 0 bridgehead atoms. The van der Waals surface area contributed by atoms with E-state index in [-0.39, 0.29) is 22.7 Å². The third-order valence-electron chi connectivity index (χ3n) is 5.06. The summed E-state index contributed by atoms with van der Waals surface area (Å²) in [7, 11) is -2.59. The van der Waals surface area contributed by atoms with Gasteiger partial charge in [-0.05, 0) is 60.7 Å². The molecule has 0 unspecified atom stereocenters. The average Bonchev–Trinajstić information content (AvgIpc) is 2.81. The number of pyridine rings is 1. The molecule has 0 aliphatic heterocycles. The van der Waals surface area contributed by atoms with E-state index in [1.54, 1.807) is 49.6 Å². The van der Waals surface area contributed by atoms with E-state index < -0.39 is 20.2 Å². The summed E-state index contributed by atoms with van der Waals surface area (Å²) in [4.78, 5) is 25.3. The van der Waals surface area contributed by atoms with Crippen molar-refractivity contribution in [2.75, 3.05) is 12.4 Å². The predicted molar refractivity (Wildman–Crippen MR) is 127 cm³/mol. The SMILES string of the molecule is COc1ccc(NC(=O)Cn2cc(S(=O)(=O)c3ccc(Cl)cc3)c(=O)c3ccccc32)cc1. The summed E-state index contributed by atoms with van der Waals surface area (Å²) >= 11 is 5.87. The number of hydrogen-bond acceptors (Lipinski definition) is 5. The highest BCUT2D eigenvalue weighted by Gasteiger charge is 2.24. The third-order valence-corrected chi connectivity index (χ3v) is 7.07. The topological polar surface area (TPSA) is 94.5 Å². The number of halogens is 1. The number of para-hydroxylation sites is 1. The van der Waals surface area contributed by atoms with Gasteiger partial charge in [-0.15, -0.1) is 0 Å². The largest absolute Gasteiger partial charge is 0.497 e. The van der Waals surface area contributed by atoms with Gasteiger partial charge in [0.1, 0.15) is 17.2 Å². The molecule has 4 rings (SSSR count). The molecule has 0 saturated carbocycles. The first-order valence-electron chi connectivity index (χ1n) is 9.86. The number of rotatable bonds is 6. The molecule has 9 heteroatoms. The van der Waals surface area contributed by atoms with Crippen LogP contribution in [-0.4, -0.2) is 26.0 Å². The number of nitrogens with one attached hydrogen (secondary N) is 1. The van der Waals surface area contributed by atoms with Crippen LogP contribution in [0.25, 0.3) is 10.9 Å². The zero-order valence-electron chi connectivity index (χ0n) is 17.5. The number of anilines is 1. The van der Waals surface area contributed by atoms with Gasteiger partial charge in [0.15, 0.2) is 0 Å². The lowest BCUT2D eigenvalue weighted by molar-refractivity contribution is -0.116. The lowest BCUT2D eigenvalue weighted by Gasteiger charge is -2.14. The van der Waals surface area contributed by atoms with Crippen molar-refractivity contribution in [3.8, 4) is 5.75 Å². The number of aromatic nitrogens is 1. The molecule has 1 N–H and O–H groups in total. The van der Waals surface area contributed by atoms with Crippen molar-refractivity contribution < 1.29 is 17.9 Å². The van der Waals surface area contributed by atoms with Gasteiger partial charge >= 0.3 is 0 Å². The molecule has 0 radical (unpaired) electrons. The second-order valence-electron chi connectivity index (χ2n) is 7.20. The van der Waals surface area contributed by atoms with Gasteiger partial charge < -0.3 is 14.6 Å². The van der Waals surface area contributed by atoms with Crippen LogP contribution < -0.4 is 15.5 Å². The van der Waals surface area contributed by atoms with Crippen molar-refractivity contribution in [1.29, 1.82) is 0 Å². The van der Waals surface area contributed by atoms with Gasteiger partial charge in [0.2, 0.25) is 21.2 Å². The smallest absolute Gasteiger partial charge is 0.244 e. The number of methoxy groups -OCH3 is 1. The summed E-state index contributed by atoms with van der Waals surface area (Å²) in [5, 5.41) is 3.33. The van der Waals surface area contributed by atoms with Crippen molar-refractivity contribution >= 4 is 43.9 Å². The fourth-order valence-corrected chi connectivity index (χ4v) is 4.91. The van der Waals surface area contributed by atoms with Crippen molar-refractivity contribution in [3.63, 3.8) is 0 Å². The summed E-state index contributed by atoms with van der Waals surface area (Å²) in [6.07, 6.45) is 1.21. The van der Waals surface area contributed by atoms with Crippen LogP contribution in [0.1, 0.15) is 0 Å². The molecule has 4 aromatic rings. The molecule has 0 saturated heterocycles. The summed E-state index contributed by atoms with van der Waals surface area (Å²) in [6, 6.07) is 18.9. The quantitative estimate of drug-likeness (QED) is 0.446. The Balaban J connectivity index is 1.75. The van der Waals surface area contributed by atoms with Gasteiger partial charge in [-0.25, -0.2) is 8.42 Å². The van der Waals surface area contributed by atoms with E-state index in [4.69, 9.17) is 16.3 Å². The van der Waals surface area contributed by atoms with E-state index in [0.29, 0.717) is 22.0 Å². The Morgan fingerprint density at radius 2 is 1.67 bits per heavy atom. The minimum atomic E-state index is -4.14. The standard InChI is InChI=1S/C24H19ClN2O5S/c1-32-18-10-8-17(9-11-18)26-23(28)15-27-14-22(24(29)20-4-2-3-5-21(20)27)33(30,31)19-12-6-16(25)7-13-19/h2-14H,15H2,1H3,(H,26,28). The maximum atomic E-state index is 13.2. The van der Waals surface area contributed by atoms with Crippen LogP contribution in [0, 0.1) is 0 Å². The molecule has 0 aliphatic rings. The van der Waals surface area contributed by atoms with Gasteiger partial charge in [-0.1, -0.05) is 23.7 Å². The Labute approximate surface area is 195 Å². The number of amides is 1. The number of carbonyl (C=O) groups is 1. The molecule has 0 spiro atoms. The zero-order chi connectivity index (χ0) is 23.6. The van der Waals surface area contributed by atoms with E-state index in [2.05, 4.69) is 5.32 Å². The number of hydrogen-bond donors (Lipinski definition) is 1. The van der Waals surface area contributed by atoms with Crippen LogP contribution in [0.5, 0.6) is 5.75 Å². The third kappa shape index (κ3) is 4.62. The number of nitrogens with zero attached hydrogens (tertiary/aromatic N) is 1. The first-order chi connectivity index (χ1) is 15.8. The fraction of sp³-hybridized carbons (Fsp3) is 0.0833. The predicted octanol–water partition coefficient (Wildman–Crippen LogP) is 4.14. The zero-order valence-corrected chi connectivity index (χ0v) is 19.1. The second-order valence-corrected chi connectivity index (χ2v) is 9.56. The van der Waals surface area contributed by atoms with Crippen LogP contribution in [0.3, 0.4) is 0 Å². The Kier molecular flexibility index (Phi) is 6.22. The lowest BCUT2D eigenvalue weighted by Crippen LogP contribution is -2.23. The highest BCUT2D eigenvalue weighted by molar-refractivity contribution is 7.91. The van der Waals surface area contributed by atoms with Crippen LogP contribution in [0.15, 0.2) is 93.6 Å². The molecular weight excluding hydrogens is 464 g/mol. The average molecular weight is 483 g/mol. The molecule has 0 aliphatic carbocycles. The highest BCUT2D eigenvalue weighted by Crippen LogP contribution is 2.23. The van der Waals surface area contributed by atoms with Crippen molar-refractivity contribution in [1.82, 2.24) is 4.57 Å². The molecule has 168 valence electrons. The van der Waals surface area contributed by atoms with Gasteiger partial charge in [0, 0.05) is 22.3 Å². The maximum absolute atomic E-state index is 13.2. The fourth-order valence-electron chi connectivity index (χ4n) is 3.41. The summed E-state index contributed by atoms with van der Waals surface area (Å²) in [5.41, 5.74) is 0.370. The van der Waals surface area contributed by atoms with Crippen LogP contribution in [-0.2, 0) is 21.2 Å². The molecule has 33 heavy (non-hydrogen) atoms. The maximum Gasteiger partial charge on any atom is 0.244 e. The number of carbonyl (C=O) groups excluding carboxylic acids is 1. The van der Waals surface area contributed by atoms with Gasteiger partial charge in [-0.2, -0.15) is 0 Å². The van der Waals surface area contributed by atoms with Crippen LogP contribution in [0.2, 0.25) is 5.02 Å². The van der Waals surface area contributed by atoms with Gasteiger partial charge in [0.25, 0.3) is 0 Å². The number of ether oxygens (including phenoxy) is 1. The molecule has 1 amide bonds. The highest BCUT2D eigenvalue weighted by atomic mass is 35.5. The van der Waals surface area contributed by atoms with Crippen LogP contribution >= 0.6 is 11.6 Å². The van der Waals surface area contributed by atoms with E-state index in [1.807, 2.05) is 0 Å². The minimum Gasteiger partial charge on any atom is -0.497 e. The lowest BCUT2D eigenvalue weighted by atomic mass is 10.2. The van der Waals surface area contributed by atoms with Crippen molar-refractivity contribution in [2.45, 2.75) is 16.3 Å². The number of benzene rings is 3.